The summed E-state index contributed by atoms with van der Waals surface area (Å²) in [5.74, 6) is -1.13. The highest BCUT2D eigenvalue weighted by atomic mass is 19.1. The fraction of sp³-hybridized carbons (Fsp3) is 0.250. The van der Waals surface area contributed by atoms with E-state index in [2.05, 4.69) is 10.6 Å². The lowest BCUT2D eigenvalue weighted by Gasteiger charge is -2.12. The summed E-state index contributed by atoms with van der Waals surface area (Å²) >= 11 is 0. The Morgan fingerprint density at radius 2 is 1.65 bits per heavy atom. The van der Waals surface area contributed by atoms with E-state index in [1.54, 1.807) is 12.1 Å². The van der Waals surface area contributed by atoms with Gasteiger partial charge in [-0.3, -0.25) is 14.4 Å². The Labute approximate surface area is 151 Å². The molecule has 0 saturated heterocycles. The van der Waals surface area contributed by atoms with Crippen molar-refractivity contribution in [2.45, 2.75) is 33.1 Å². The minimum atomic E-state index is -0.412. The lowest BCUT2D eigenvalue weighted by molar-refractivity contribution is -0.116. The Kier molecular flexibility index (Phi) is 6.60. The molecular formula is C20H21FN2O3. The molecule has 0 atom stereocenters. The molecule has 136 valence electrons. The molecule has 0 radical (unpaired) electrons. The van der Waals surface area contributed by atoms with Crippen molar-refractivity contribution in [3.8, 4) is 0 Å². The molecule has 0 aliphatic heterocycles. The summed E-state index contributed by atoms with van der Waals surface area (Å²) in [4.78, 5) is 35.4. The molecule has 0 unspecified atom stereocenters. The molecule has 0 heterocycles. The second kappa shape index (κ2) is 8.89. The van der Waals surface area contributed by atoms with Crippen LogP contribution in [0.3, 0.4) is 0 Å². The monoisotopic (exact) mass is 356 g/mol. The number of carbonyl (C=O) groups is 3. The van der Waals surface area contributed by atoms with E-state index in [1.165, 1.54) is 31.2 Å². The number of ketones is 1. The van der Waals surface area contributed by atoms with Crippen LogP contribution >= 0.6 is 0 Å². The van der Waals surface area contributed by atoms with Crippen LogP contribution in [0.15, 0.2) is 42.5 Å². The number of aryl methyl sites for hydroxylation is 1. The molecule has 0 aromatic heterocycles. The van der Waals surface area contributed by atoms with Gasteiger partial charge < -0.3 is 10.6 Å². The van der Waals surface area contributed by atoms with E-state index < -0.39 is 5.82 Å². The summed E-state index contributed by atoms with van der Waals surface area (Å²) in [6.07, 6.45) is 0.762. The van der Waals surface area contributed by atoms with Crippen LogP contribution in [0.2, 0.25) is 0 Å². The van der Waals surface area contributed by atoms with Gasteiger partial charge in [0.15, 0.2) is 5.78 Å². The number of Topliss-reactive ketones (excluding diaryl/α,β-unsaturated/α-hetero) is 1. The largest absolute Gasteiger partial charge is 0.326 e. The zero-order valence-corrected chi connectivity index (χ0v) is 14.8. The smallest absolute Gasteiger partial charge is 0.224 e. The van der Waals surface area contributed by atoms with E-state index in [4.69, 9.17) is 0 Å². The van der Waals surface area contributed by atoms with Gasteiger partial charge in [0.05, 0.1) is 0 Å². The van der Waals surface area contributed by atoms with Gasteiger partial charge in [-0.25, -0.2) is 4.39 Å². The third kappa shape index (κ3) is 5.51. The fourth-order valence-corrected chi connectivity index (χ4v) is 2.50. The normalized spacial score (nSPS) is 10.3. The molecular weight excluding hydrogens is 335 g/mol. The second-order valence-electron chi connectivity index (χ2n) is 5.88. The Balaban J connectivity index is 1.99. The van der Waals surface area contributed by atoms with Crippen molar-refractivity contribution in [1.82, 2.24) is 0 Å². The van der Waals surface area contributed by atoms with E-state index in [-0.39, 0.29) is 30.4 Å². The van der Waals surface area contributed by atoms with Crippen molar-refractivity contribution in [3.63, 3.8) is 0 Å². The number of carbonyl (C=O) groups excluding carboxylic acids is 3. The molecule has 2 aromatic rings. The SMILES string of the molecule is CCc1ccc(NC(C)=O)cc1NC(=O)CCC(=O)c1ccc(F)cc1. The van der Waals surface area contributed by atoms with E-state index in [1.807, 2.05) is 13.0 Å². The molecule has 0 bridgehead atoms. The summed E-state index contributed by atoms with van der Waals surface area (Å²) in [5, 5.41) is 5.46. The number of anilines is 2. The molecule has 6 heteroatoms. The van der Waals surface area contributed by atoms with Gasteiger partial charge in [-0.1, -0.05) is 13.0 Å². The standard InChI is InChI=1S/C20H21FN2O3/c1-3-14-6-9-17(22-13(2)24)12-18(14)23-20(26)11-10-19(25)15-4-7-16(21)8-5-15/h4-9,12H,3,10-11H2,1-2H3,(H,22,24)(H,23,26). The van der Waals surface area contributed by atoms with Crippen molar-refractivity contribution in [2.75, 3.05) is 10.6 Å². The lowest BCUT2D eigenvalue weighted by atomic mass is 10.1. The molecule has 5 nitrogen and oxygen atoms in total. The summed E-state index contributed by atoms with van der Waals surface area (Å²) in [7, 11) is 0. The van der Waals surface area contributed by atoms with Crippen molar-refractivity contribution >= 4 is 29.0 Å². The Morgan fingerprint density at radius 1 is 0.962 bits per heavy atom. The zero-order valence-electron chi connectivity index (χ0n) is 14.8. The van der Waals surface area contributed by atoms with Crippen LogP contribution in [-0.2, 0) is 16.0 Å². The van der Waals surface area contributed by atoms with E-state index in [9.17, 15) is 18.8 Å². The fourth-order valence-electron chi connectivity index (χ4n) is 2.50. The van der Waals surface area contributed by atoms with Gasteiger partial charge in [-0.05, 0) is 48.4 Å². The highest BCUT2D eigenvalue weighted by Crippen LogP contribution is 2.22. The molecule has 0 fully saturated rings. The minimum absolute atomic E-state index is 0.0176. The van der Waals surface area contributed by atoms with Crippen LogP contribution in [-0.4, -0.2) is 17.6 Å². The van der Waals surface area contributed by atoms with Crippen LogP contribution in [0.1, 0.15) is 42.6 Å². The molecule has 2 N–H and O–H groups in total. The number of nitrogens with one attached hydrogen (secondary N) is 2. The first kappa shape index (κ1) is 19.3. The predicted molar refractivity (Wildman–Crippen MR) is 98.7 cm³/mol. The predicted octanol–water partition coefficient (Wildman–Crippen LogP) is 3.95. The first-order valence-corrected chi connectivity index (χ1v) is 8.38. The molecule has 26 heavy (non-hydrogen) atoms. The maximum atomic E-state index is 12.9. The van der Waals surface area contributed by atoms with E-state index >= 15 is 0 Å². The van der Waals surface area contributed by atoms with Gasteiger partial charge in [0.2, 0.25) is 11.8 Å². The molecule has 0 spiro atoms. The van der Waals surface area contributed by atoms with Crippen molar-refractivity contribution in [3.05, 3.63) is 59.4 Å². The van der Waals surface area contributed by atoms with Gasteiger partial charge in [0.25, 0.3) is 0 Å². The number of amides is 2. The minimum Gasteiger partial charge on any atom is -0.326 e. The van der Waals surface area contributed by atoms with E-state index in [0.717, 1.165) is 5.56 Å². The zero-order chi connectivity index (χ0) is 19.1. The Bertz CT molecular complexity index is 816. The molecule has 2 rings (SSSR count). The van der Waals surface area contributed by atoms with Gasteiger partial charge in [0, 0.05) is 36.7 Å². The molecule has 2 amide bonds. The summed E-state index contributed by atoms with van der Waals surface area (Å²) in [6.45, 7) is 3.37. The van der Waals surface area contributed by atoms with E-state index in [0.29, 0.717) is 23.4 Å². The maximum Gasteiger partial charge on any atom is 0.224 e. The van der Waals surface area contributed by atoms with Crippen molar-refractivity contribution in [2.24, 2.45) is 0 Å². The van der Waals surface area contributed by atoms with Gasteiger partial charge >= 0.3 is 0 Å². The van der Waals surface area contributed by atoms with Crippen LogP contribution in [0.25, 0.3) is 0 Å². The van der Waals surface area contributed by atoms with Crippen LogP contribution < -0.4 is 10.6 Å². The second-order valence-corrected chi connectivity index (χ2v) is 5.88. The number of hydrogen-bond acceptors (Lipinski definition) is 3. The number of rotatable bonds is 7. The molecule has 0 aliphatic carbocycles. The first-order valence-electron chi connectivity index (χ1n) is 8.38. The quantitative estimate of drug-likeness (QED) is 0.738. The summed E-state index contributed by atoms with van der Waals surface area (Å²) in [6, 6.07) is 10.5. The third-order valence-electron chi connectivity index (χ3n) is 3.83. The topological polar surface area (TPSA) is 75.3 Å². The molecule has 0 saturated carbocycles. The third-order valence-corrected chi connectivity index (χ3v) is 3.83. The summed E-state index contributed by atoms with van der Waals surface area (Å²) in [5.41, 5.74) is 2.50. The van der Waals surface area contributed by atoms with Crippen molar-refractivity contribution in [1.29, 1.82) is 0 Å². The van der Waals surface area contributed by atoms with Gasteiger partial charge in [-0.15, -0.1) is 0 Å². The average Bonchev–Trinajstić information content (AvgIpc) is 2.60. The molecule has 2 aromatic carbocycles. The average molecular weight is 356 g/mol. The first-order chi connectivity index (χ1) is 12.4. The summed E-state index contributed by atoms with van der Waals surface area (Å²) < 4.78 is 12.9. The number of benzene rings is 2. The van der Waals surface area contributed by atoms with Gasteiger partial charge in [-0.2, -0.15) is 0 Å². The highest BCUT2D eigenvalue weighted by molar-refractivity contribution is 6.00. The van der Waals surface area contributed by atoms with Crippen LogP contribution in [0, 0.1) is 5.82 Å². The highest BCUT2D eigenvalue weighted by Gasteiger charge is 2.12. The number of halogens is 1. The maximum absolute atomic E-state index is 12.9. The number of hydrogen-bond donors (Lipinski definition) is 2. The van der Waals surface area contributed by atoms with Crippen LogP contribution in [0.5, 0.6) is 0 Å². The molecule has 0 aliphatic rings. The Hall–Kier alpha value is -3.02. The van der Waals surface area contributed by atoms with Gasteiger partial charge in [0.1, 0.15) is 5.82 Å². The van der Waals surface area contributed by atoms with Crippen molar-refractivity contribution < 1.29 is 18.8 Å². The Morgan fingerprint density at radius 3 is 2.27 bits per heavy atom. The van der Waals surface area contributed by atoms with Crippen LogP contribution in [0.4, 0.5) is 15.8 Å². The lowest BCUT2D eigenvalue weighted by Crippen LogP contribution is -2.15.